The first-order valence-electron chi connectivity index (χ1n) is 4.72. The van der Waals surface area contributed by atoms with Gasteiger partial charge in [0.25, 0.3) is 0 Å². The molecule has 0 aromatic carbocycles. The second kappa shape index (κ2) is 5.23. The first-order chi connectivity index (χ1) is 6.65. The van der Waals surface area contributed by atoms with Gasteiger partial charge in [0.05, 0.1) is 0 Å². The summed E-state index contributed by atoms with van der Waals surface area (Å²) < 4.78 is 35.4. The van der Waals surface area contributed by atoms with Crippen molar-refractivity contribution in [1.82, 2.24) is 10.2 Å². The highest BCUT2D eigenvalue weighted by atomic mass is 19.4. The number of halogens is 3. The average Bonchev–Trinajstić information content (AvgIpc) is 2.10. The van der Waals surface area contributed by atoms with Gasteiger partial charge >= 0.3 is 12.2 Å². The van der Waals surface area contributed by atoms with Crippen LogP contribution in [-0.4, -0.2) is 36.7 Å². The maximum Gasteiger partial charge on any atom is 0.405 e. The lowest BCUT2D eigenvalue weighted by Crippen LogP contribution is -2.46. The van der Waals surface area contributed by atoms with E-state index in [0.29, 0.717) is 0 Å². The first kappa shape index (κ1) is 14.1. The summed E-state index contributed by atoms with van der Waals surface area (Å²) in [5, 5.41) is 1.82. The lowest BCUT2D eigenvalue weighted by molar-refractivity contribution is -0.123. The van der Waals surface area contributed by atoms with Crippen molar-refractivity contribution >= 4 is 6.03 Å². The number of carbonyl (C=O) groups is 1. The molecule has 0 aromatic rings. The molecular formula is C9H17F3N2O. The topological polar surface area (TPSA) is 32.3 Å². The van der Waals surface area contributed by atoms with E-state index in [9.17, 15) is 18.0 Å². The van der Waals surface area contributed by atoms with Crippen LogP contribution >= 0.6 is 0 Å². The first-order valence-corrected chi connectivity index (χ1v) is 4.72. The second-order valence-electron chi connectivity index (χ2n) is 3.87. The molecule has 0 spiro atoms. The van der Waals surface area contributed by atoms with Crippen molar-refractivity contribution in [2.45, 2.75) is 33.0 Å². The summed E-state index contributed by atoms with van der Waals surface area (Å²) in [6.45, 7) is 4.30. The van der Waals surface area contributed by atoms with E-state index in [1.807, 2.05) is 19.2 Å². The molecule has 2 amide bonds. The lowest BCUT2D eigenvalue weighted by Gasteiger charge is -2.28. The third-order valence-electron chi connectivity index (χ3n) is 2.34. The number of carbonyl (C=O) groups excluding carboxylic acids is 1. The molecule has 1 atom stereocenters. The Bertz CT molecular complexity index is 216. The fraction of sp³-hybridized carbons (Fsp3) is 0.889. The maximum absolute atomic E-state index is 11.8. The number of hydrogen-bond acceptors (Lipinski definition) is 1. The fourth-order valence-corrected chi connectivity index (χ4v) is 0.933. The van der Waals surface area contributed by atoms with Gasteiger partial charge in [0.2, 0.25) is 0 Å². The molecule has 0 saturated heterocycles. The van der Waals surface area contributed by atoms with Crippen LogP contribution < -0.4 is 5.32 Å². The molecule has 90 valence electrons. The molecule has 0 heterocycles. The standard InChI is InChI=1S/C9H17F3N2O/c1-6(2)7(3)14(4)8(15)13-5-9(10,11)12/h6-7H,5H2,1-4H3,(H,13,15). The van der Waals surface area contributed by atoms with Gasteiger partial charge in [-0.3, -0.25) is 0 Å². The monoisotopic (exact) mass is 226 g/mol. The van der Waals surface area contributed by atoms with Crippen LogP contribution in [0.5, 0.6) is 0 Å². The summed E-state index contributed by atoms with van der Waals surface area (Å²) in [6, 6.07) is -0.799. The van der Waals surface area contributed by atoms with Crippen molar-refractivity contribution in [3.8, 4) is 0 Å². The van der Waals surface area contributed by atoms with E-state index in [2.05, 4.69) is 0 Å². The summed E-state index contributed by atoms with van der Waals surface area (Å²) in [5.41, 5.74) is 0. The molecule has 0 aliphatic carbocycles. The minimum atomic E-state index is -4.36. The highest BCUT2D eigenvalue weighted by Crippen LogP contribution is 2.13. The van der Waals surface area contributed by atoms with Crippen LogP contribution in [0.1, 0.15) is 20.8 Å². The van der Waals surface area contributed by atoms with Crippen LogP contribution in [0.15, 0.2) is 0 Å². The number of amides is 2. The van der Waals surface area contributed by atoms with Crippen molar-refractivity contribution in [3.63, 3.8) is 0 Å². The molecule has 0 aromatic heterocycles. The summed E-state index contributed by atoms with van der Waals surface area (Å²) in [6.07, 6.45) is -4.36. The molecule has 1 unspecified atom stereocenters. The van der Waals surface area contributed by atoms with E-state index >= 15 is 0 Å². The Morgan fingerprint density at radius 3 is 2.13 bits per heavy atom. The van der Waals surface area contributed by atoms with Crippen LogP contribution in [-0.2, 0) is 0 Å². The predicted molar refractivity (Wildman–Crippen MR) is 51.5 cm³/mol. The molecule has 1 N–H and O–H groups in total. The molecule has 3 nitrogen and oxygen atoms in total. The molecule has 0 aliphatic heterocycles. The minimum absolute atomic E-state index is 0.0989. The van der Waals surface area contributed by atoms with E-state index < -0.39 is 18.8 Å². The van der Waals surface area contributed by atoms with Crippen molar-refractivity contribution in [3.05, 3.63) is 0 Å². The van der Waals surface area contributed by atoms with Gasteiger partial charge in [0.15, 0.2) is 0 Å². The van der Waals surface area contributed by atoms with E-state index in [1.54, 1.807) is 6.92 Å². The fourth-order valence-electron chi connectivity index (χ4n) is 0.933. The van der Waals surface area contributed by atoms with Gasteiger partial charge in [-0.2, -0.15) is 13.2 Å². The molecule has 0 fully saturated rings. The molecular weight excluding hydrogens is 209 g/mol. The molecule has 0 aliphatic rings. The van der Waals surface area contributed by atoms with Gasteiger partial charge in [-0.05, 0) is 12.8 Å². The summed E-state index contributed by atoms with van der Waals surface area (Å²) in [7, 11) is 1.48. The van der Waals surface area contributed by atoms with Gasteiger partial charge in [-0.15, -0.1) is 0 Å². The Kier molecular flexibility index (Phi) is 4.90. The van der Waals surface area contributed by atoms with Crippen molar-refractivity contribution < 1.29 is 18.0 Å². The van der Waals surface area contributed by atoms with Gasteiger partial charge < -0.3 is 10.2 Å². The second-order valence-corrected chi connectivity index (χ2v) is 3.87. The molecule has 0 rings (SSSR count). The lowest BCUT2D eigenvalue weighted by atomic mass is 10.1. The van der Waals surface area contributed by atoms with Crippen LogP contribution in [0.3, 0.4) is 0 Å². The number of nitrogens with one attached hydrogen (secondary N) is 1. The van der Waals surface area contributed by atoms with E-state index in [1.165, 1.54) is 11.9 Å². The third-order valence-corrected chi connectivity index (χ3v) is 2.34. The minimum Gasteiger partial charge on any atom is -0.329 e. The smallest absolute Gasteiger partial charge is 0.329 e. The third kappa shape index (κ3) is 5.49. The van der Waals surface area contributed by atoms with Crippen molar-refractivity contribution in [1.29, 1.82) is 0 Å². The SMILES string of the molecule is CC(C)C(C)N(C)C(=O)NCC(F)(F)F. The summed E-state index contributed by atoms with van der Waals surface area (Å²) >= 11 is 0. The highest BCUT2D eigenvalue weighted by molar-refractivity contribution is 5.74. The molecule has 0 bridgehead atoms. The van der Waals surface area contributed by atoms with Gasteiger partial charge in [0.1, 0.15) is 6.54 Å². The van der Waals surface area contributed by atoms with Crippen LogP contribution in [0, 0.1) is 5.92 Å². The van der Waals surface area contributed by atoms with Gasteiger partial charge in [0, 0.05) is 13.1 Å². The number of alkyl halides is 3. The van der Waals surface area contributed by atoms with E-state index in [4.69, 9.17) is 0 Å². The average molecular weight is 226 g/mol. The summed E-state index contributed by atoms with van der Waals surface area (Å²) in [5.74, 6) is 0.201. The zero-order valence-electron chi connectivity index (χ0n) is 9.35. The van der Waals surface area contributed by atoms with Crippen LogP contribution in [0.2, 0.25) is 0 Å². The van der Waals surface area contributed by atoms with Gasteiger partial charge in [-0.25, -0.2) is 4.79 Å². The Labute approximate surface area is 87.6 Å². The van der Waals surface area contributed by atoms with E-state index in [-0.39, 0.29) is 12.0 Å². The number of urea groups is 1. The molecule has 15 heavy (non-hydrogen) atoms. The Morgan fingerprint density at radius 1 is 1.33 bits per heavy atom. The predicted octanol–water partition coefficient (Wildman–Crippen LogP) is 2.23. The Hall–Kier alpha value is -0.940. The highest BCUT2D eigenvalue weighted by Gasteiger charge is 2.29. The molecule has 0 saturated carbocycles. The summed E-state index contributed by atoms with van der Waals surface area (Å²) in [4.78, 5) is 12.5. The zero-order valence-corrected chi connectivity index (χ0v) is 9.35. The van der Waals surface area contributed by atoms with Gasteiger partial charge in [-0.1, -0.05) is 13.8 Å². The van der Waals surface area contributed by atoms with Crippen molar-refractivity contribution in [2.24, 2.45) is 5.92 Å². The van der Waals surface area contributed by atoms with E-state index in [0.717, 1.165) is 0 Å². The normalized spacial score (nSPS) is 13.9. The number of rotatable bonds is 3. The molecule has 0 radical (unpaired) electrons. The Balaban J connectivity index is 4.11. The molecule has 6 heteroatoms. The van der Waals surface area contributed by atoms with Crippen LogP contribution in [0.4, 0.5) is 18.0 Å². The van der Waals surface area contributed by atoms with Crippen molar-refractivity contribution in [2.75, 3.05) is 13.6 Å². The number of nitrogens with zero attached hydrogens (tertiary/aromatic N) is 1. The quantitative estimate of drug-likeness (QED) is 0.786. The zero-order chi connectivity index (χ0) is 12.2. The Morgan fingerprint density at radius 2 is 1.80 bits per heavy atom. The largest absolute Gasteiger partial charge is 0.405 e. The maximum atomic E-state index is 11.8. The number of hydrogen-bond donors (Lipinski definition) is 1. The van der Waals surface area contributed by atoms with Crippen LogP contribution in [0.25, 0.3) is 0 Å².